The first kappa shape index (κ1) is 27.6. The normalized spacial score (nSPS) is 27.8. The van der Waals surface area contributed by atoms with E-state index in [2.05, 4.69) is 58.7 Å². The summed E-state index contributed by atoms with van der Waals surface area (Å²) in [5.74, 6) is 1.85. The lowest BCUT2D eigenvalue weighted by Gasteiger charge is -2.31. The number of fused-ring (bicyclic) bond motifs is 1. The Hall–Kier alpha value is -0.640. The van der Waals surface area contributed by atoms with E-state index < -0.39 is 0 Å². The van der Waals surface area contributed by atoms with Gasteiger partial charge in [-0.3, -0.25) is 0 Å². The van der Waals surface area contributed by atoms with E-state index in [4.69, 9.17) is 0 Å². The number of nitrogens with zero attached hydrogens (tertiary/aromatic N) is 1. The Bertz CT molecular complexity index is 590. The molecular formula is C29H53NO2. The fourth-order valence-corrected chi connectivity index (χ4v) is 5.60. The van der Waals surface area contributed by atoms with Gasteiger partial charge in [0.2, 0.25) is 0 Å². The Morgan fingerprint density at radius 1 is 1.16 bits per heavy atom. The van der Waals surface area contributed by atoms with Crippen LogP contribution >= 0.6 is 0 Å². The number of aliphatic hydroxyl groups is 2. The standard InChI is InChI=1S/C29H53NO2/c1-7-8-13-22(2)18-25(31)15-16-26-27-20-23(19-24(27)21-28(26)32)14-11-9-10-12-17-30(6)29(3,4)5/h15-16,19,22,24-28,31-32H,7-14,17-18,20-21H2,1-6H3/b16-15+/t22-,24-,25+,26+,27-,28+/m0/s1. The molecule has 0 radical (unpaired) electrons. The van der Waals surface area contributed by atoms with Gasteiger partial charge in [-0.1, -0.05) is 69.8 Å². The summed E-state index contributed by atoms with van der Waals surface area (Å²) in [5.41, 5.74) is 1.89. The lowest BCUT2D eigenvalue weighted by atomic mass is 9.88. The van der Waals surface area contributed by atoms with Crippen molar-refractivity contribution in [3.8, 4) is 0 Å². The molecule has 2 aliphatic carbocycles. The molecule has 3 heteroatoms. The van der Waals surface area contributed by atoms with E-state index in [1.54, 1.807) is 5.57 Å². The van der Waals surface area contributed by atoms with Gasteiger partial charge in [0.15, 0.2) is 0 Å². The van der Waals surface area contributed by atoms with Gasteiger partial charge >= 0.3 is 0 Å². The van der Waals surface area contributed by atoms with Crippen LogP contribution in [0.3, 0.4) is 0 Å². The molecule has 0 heterocycles. The quantitative estimate of drug-likeness (QED) is 0.229. The number of hydrogen-bond donors (Lipinski definition) is 2. The zero-order valence-electron chi connectivity index (χ0n) is 22.0. The Morgan fingerprint density at radius 2 is 1.88 bits per heavy atom. The number of rotatable bonds is 14. The number of hydrogen-bond acceptors (Lipinski definition) is 3. The van der Waals surface area contributed by atoms with Gasteiger partial charge in [-0.15, -0.1) is 0 Å². The first-order valence-electron chi connectivity index (χ1n) is 13.6. The zero-order chi connectivity index (χ0) is 23.7. The van der Waals surface area contributed by atoms with Crippen LogP contribution in [0.5, 0.6) is 0 Å². The van der Waals surface area contributed by atoms with Crippen LogP contribution in [-0.4, -0.2) is 46.5 Å². The van der Waals surface area contributed by atoms with Gasteiger partial charge in [0.05, 0.1) is 12.2 Å². The second-order valence-corrected chi connectivity index (χ2v) is 11.9. The van der Waals surface area contributed by atoms with Crippen molar-refractivity contribution >= 4 is 0 Å². The van der Waals surface area contributed by atoms with Crippen molar-refractivity contribution in [2.75, 3.05) is 13.6 Å². The molecule has 32 heavy (non-hydrogen) atoms. The highest BCUT2D eigenvalue weighted by Gasteiger charge is 2.43. The molecule has 0 amide bonds. The molecule has 0 aromatic rings. The van der Waals surface area contributed by atoms with E-state index >= 15 is 0 Å². The molecular weight excluding hydrogens is 394 g/mol. The highest BCUT2D eigenvalue weighted by Crippen LogP contribution is 2.48. The van der Waals surface area contributed by atoms with Gasteiger partial charge in [-0.25, -0.2) is 0 Å². The van der Waals surface area contributed by atoms with Crippen molar-refractivity contribution in [1.29, 1.82) is 0 Å². The third kappa shape index (κ3) is 8.95. The maximum absolute atomic E-state index is 10.6. The topological polar surface area (TPSA) is 43.7 Å². The summed E-state index contributed by atoms with van der Waals surface area (Å²) in [6, 6.07) is 0. The molecule has 186 valence electrons. The smallest absolute Gasteiger partial charge is 0.0723 e. The second-order valence-electron chi connectivity index (χ2n) is 11.9. The molecule has 2 N–H and O–H groups in total. The molecule has 0 saturated heterocycles. The fourth-order valence-electron chi connectivity index (χ4n) is 5.60. The van der Waals surface area contributed by atoms with Crippen LogP contribution in [-0.2, 0) is 0 Å². The molecule has 1 saturated carbocycles. The number of unbranched alkanes of at least 4 members (excludes halogenated alkanes) is 4. The summed E-state index contributed by atoms with van der Waals surface area (Å²) in [5, 5.41) is 21.0. The van der Waals surface area contributed by atoms with Crippen LogP contribution < -0.4 is 0 Å². The van der Waals surface area contributed by atoms with Crippen molar-refractivity contribution in [3.63, 3.8) is 0 Å². The molecule has 0 aromatic carbocycles. The lowest BCUT2D eigenvalue weighted by Crippen LogP contribution is -2.38. The first-order chi connectivity index (χ1) is 15.1. The molecule has 1 fully saturated rings. The lowest BCUT2D eigenvalue weighted by molar-refractivity contribution is 0.139. The van der Waals surface area contributed by atoms with Crippen molar-refractivity contribution in [2.24, 2.45) is 23.7 Å². The molecule has 6 atom stereocenters. The summed E-state index contributed by atoms with van der Waals surface area (Å²) in [6.07, 6.45) is 19.0. The average molecular weight is 448 g/mol. The van der Waals surface area contributed by atoms with Crippen LogP contribution in [0, 0.1) is 23.7 Å². The Balaban J connectivity index is 1.69. The summed E-state index contributed by atoms with van der Waals surface area (Å²) < 4.78 is 0. The monoisotopic (exact) mass is 447 g/mol. The van der Waals surface area contributed by atoms with Gasteiger partial charge < -0.3 is 15.1 Å². The summed E-state index contributed by atoms with van der Waals surface area (Å²) in [7, 11) is 2.23. The van der Waals surface area contributed by atoms with Crippen molar-refractivity contribution in [3.05, 3.63) is 23.8 Å². The van der Waals surface area contributed by atoms with Gasteiger partial charge in [0.1, 0.15) is 0 Å². The molecule has 2 rings (SSSR count). The Morgan fingerprint density at radius 3 is 2.56 bits per heavy atom. The van der Waals surface area contributed by atoms with Crippen molar-refractivity contribution < 1.29 is 10.2 Å². The van der Waals surface area contributed by atoms with Crippen LogP contribution in [0.2, 0.25) is 0 Å². The van der Waals surface area contributed by atoms with Crippen molar-refractivity contribution in [1.82, 2.24) is 4.90 Å². The molecule has 0 aromatic heterocycles. The number of allylic oxidation sites excluding steroid dienone is 2. The molecule has 2 aliphatic rings. The third-order valence-corrected chi connectivity index (χ3v) is 8.09. The Kier molecular flexibility index (Phi) is 11.5. The van der Waals surface area contributed by atoms with Gasteiger partial charge in [-0.05, 0) is 90.6 Å². The minimum absolute atomic E-state index is 0.210. The molecule has 3 nitrogen and oxygen atoms in total. The van der Waals surface area contributed by atoms with Gasteiger partial charge in [0.25, 0.3) is 0 Å². The maximum Gasteiger partial charge on any atom is 0.0723 e. The van der Waals surface area contributed by atoms with Crippen molar-refractivity contribution in [2.45, 2.75) is 123 Å². The van der Waals surface area contributed by atoms with Crippen LogP contribution in [0.25, 0.3) is 0 Å². The predicted octanol–water partition coefficient (Wildman–Crippen LogP) is 6.74. The summed E-state index contributed by atoms with van der Waals surface area (Å²) in [6.45, 7) is 12.5. The number of aliphatic hydroxyl groups excluding tert-OH is 2. The molecule has 0 spiro atoms. The zero-order valence-corrected chi connectivity index (χ0v) is 22.0. The van der Waals surface area contributed by atoms with Crippen LogP contribution in [0.4, 0.5) is 0 Å². The van der Waals surface area contributed by atoms with E-state index in [0.717, 1.165) is 19.3 Å². The third-order valence-electron chi connectivity index (χ3n) is 8.09. The summed E-state index contributed by atoms with van der Waals surface area (Å²) >= 11 is 0. The first-order valence-corrected chi connectivity index (χ1v) is 13.6. The fraction of sp³-hybridized carbons (Fsp3) is 0.862. The largest absolute Gasteiger partial charge is 0.392 e. The maximum atomic E-state index is 10.6. The van der Waals surface area contributed by atoms with Crippen LogP contribution in [0.15, 0.2) is 23.8 Å². The minimum Gasteiger partial charge on any atom is -0.392 e. The predicted molar refractivity (Wildman–Crippen MR) is 138 cm³/mol. The van der Waals surface area contributed by atoms with Crippen LogP contribution in [0.1, 0.15) is 105 Å². The summed E-state index contributed by atoms with van der Waals surface area (Å²) in [4.78, 5) is 2.45. The highest BCUT2D eigenvalue weighted by atomic mass is 16.3. The SMILES string of the molecule is CCCC[C@H](C)C[C@H](O)/C=C/[C@@H]1[C@H]2CC(CCCCCCN(C)C(C)(C)C)=C[C@H]2C[C@H]1O. The van der Waals surface area contributed by atoms with E-state index in [9.17, 15) is 10.2 Å². The average Bonchev–Trinajstić information content (AvgIpc) is 3.22. The highest BCUT2D eigenvalue weighted by molar-refractivity contribution is 5.21. The van der Waals surface area contributed by atoms with E-state index in [0.29, 0.717) is 17.8 Å². The molecule has 0 bridgehead atoms. The van der Waals surface area contributed by atoms with Gasteiger partial charge in [0, 0.05) is 11.5 Å². The van der Waals surface area contributed by atoms with E-state index in [1.165, 1.54) is 57.9 Å². The molecule has 0 unspecified atom stereocenters. The second kappa shape index (κ2) is 13.3. The van der Waals surface area contributed by atoms with E-state index in [1.807, 2.05) is 6.08 Å². The van der Waals surface area contributed by atoms with Gasteiger partial charge in [-0.2, -0.15) is 0 Å². The minimum atomic E-state index is -0.376. The molecule has 0 aliphatic heterocycles. The van der Waals surface area contributed by atoms with E-state index in [-0.39, 0.29) is 23.7 Å². The Labute approximate surface area is 199 Å².